The van der Waals surface area contributed by atoms with Crippen LogP contribution in [-0.4, -0.2) is 39.3 Å². The summed E-state index contributed by atoms with van der Waals surface area (Å²) in [6.07, 6.45) is 21.1. The normalized spacial score (nSPS) is 20.2. The van der Waals surface area contributed by atoms with E-state index in [-0.39, 0.29) is 25.0 Å². The first-order chi connectivity index (χ1) is 18.8. The van der Waals surface area contributed by atoms with Crippen molar-refractivity contribution in [2.75, 3.05) is 21.0 Å². The van der Waals surface area contributed by atoms with Crippen molar-refractivity contribution in [1.82, 2.24) is 0 Å². The van der Waals surface area contributed by atoms with Crippen molar-refractivity contribution in [2.45, 2.75) is 78.1 Å². The summed E-state index contributed by atoms with van der Waals surface area (Å²) in [5, 5.41) is 3.51. The van der Waals surface area contributed by atoms with Crippen molar-refractivity contribution < 1.29 is 23.7 Å². The first-order valence-corrected chi connectivity index (χ1v) is 13.5. The molecule has 1 atom stereocenters. The highest BCUT2D eigenvalue weighted by Crippen LogP contribution is 2.31. The van der Waals surface area contributed by atoms with Crippen LogP contribution in [0.1, 0.15) is 59.8 Å². The number of hydrogen-bond acceptors (Lipinski definition) is 6. The maximum atomic E-state index is 8.62. The molecule has 0 saturated heterocycles. The second-order valence-corrected chi connectivity index (χ2v) is 10.1. The summed E-state index contributed by atoms with van der Waals surface area (Å²) in [7, 11) is 3.31. The third-order valence-corrected chi connectivity index (χ3v) is 6.32. The van der Waals surface area contributed by atoms with Gasteiger partial charge in [-0.3, -0.25) is 0 Å². The van der Waals surface area contributed by atoms with Gasteiger partial charge in [0.15, 0.2) is 17.3 Å². The van der Waals surface area contributed by atoms with Crippen molar-refractivity contribution in [2.24, 2.45) is 5.11 Å². The number of nitrogens with zero attached hydrogens (tertiary/aromatic N) is 3. The van der Waals surface area contributed by atoms with Crippen LogP contribution in [0.4, 0.5) is 0 Å². The second-order valence-electron chi connectivity index (χ2n) is 10.1. The number of methoxy groups -OCH3 is 2. The topological polar surface area (TPSA) is 94.9 Å². The van der Waals surface area contributed by atoms with Gasteiger partial charge in [0, 0.05) is 17.8 Å². The van der Waals surface area contributed by atoms with Gasteiger partial charge in [0.05, 0.1) is 26.4 Å². The molecular formula is C31H41N3O5. The molecule has 0 bridgehead atoms. The van der Waals surface area contributed by atoms with Gasteiger partial charge >= 0.3 is 0 Å². The van der Waals surface area contributed by atoms with E-state index in [1.165, 1.54) is 16.7 Å². The largest absolute Gasteiger partial charge is 0.493 e. The highest BCUT2D eigenvalue weighted by Gasteiger charge is 2.27. The van der Waals surface area contributed by atoms with Crippen molar-refractivity contribution in [3.63, 3.8) is 0 Å². The maximum Gasteiger partial charge on any atom is 0.167 e. The maximum absolute atomic E-state index is 8.62. The van der Waals surface area contributed by atoms with E-state index < -0.39 is 0 Å². The quantitative estimate of drug-likeness (QED) is 0.135. The number of ether oxygens (including phenoxy) is 5. The van der Waals surface area contributed by atoms with Crippen LogP contribution in [0.5, 0.6) is 0 Å². The van der Waals surface area contributed by atoms with Gasteiger partial charge in [0.25, 0.3) is 0 Å². The molecule has 0 aromatic heterocycles. The molecule has 0 aliphatic heterocycles. The standard InChI is InChI=1S/C31H41N3O5/c1-21(2)38-27-16-15-25(17-28(27)35-5)13-11-23-7-9-24(10-8-23)12-14-26-18-29(36-6)31(39-22(3)4)30(19-26)37-20-33-34-32/h7,9,11-14,17-18,21-22,30H,8,10,15-16,19-20H2,1-6H3/b13-11+,14-12+. The lowest BCUT2D eigenvalue weighted by Crippen LogP contribution is -2.25. The van der Waals surface area contributed by atoms with Gasteiger partial charge in [-0.1, -0.05) is 41.6 Å². The monoisotopic (exact) mass is 535 g/mol. The van der Waals surface area contributed by atoms with Crippen LogP contribution in [0.25, 0.3) is 10.4 Å². The fourth-order valence-corrected chi connectivity index (χ4v) is 4.49. The highest BCUT2D eigenvalue weighted by molar-refractivity contribution is 5.42. The average Bonchev–Trinajstić information content (AvgIpc) is 2.92. The first kappa shape index (κ1) is 29.9. The molecule has 0 saturated carbocycles. The fourth-order valence-electron chi connectivity index (χ4n) is 4.49. The molecule has 0 heterocycles. The summed E-state index contributed by atoms with van der Waals surface area (Å²) in [5.74, 6) is 2.99. The van der Waals surface area contributed by atoms with E-state index in [1.54, 1.807) is 14.2 Å². The molecule has 210 valence electrons. The molecular weight excluding hydrogens is 494 g/mol. The Bertz CT molecular complexity index is 1170. The van der Waals surface area contributed by atoms with E-state index in [9.17, 15) is 0 Å². The van der Waals surface area contributed by atoms with Crippen LogP contribution in [0, 0.1) is 0 Å². The molecule has 3 aliphatic rings. The van der Waals surface area contributed by atoms with E-state index in [0.29, 0.717) is 17.9 Å². The van der Waals surface area contributed by atoms with Crippen molar-refractivity contribution >= 4 is 0 Å². The lowest BCUT2D eigenvalue weighted by Gasteiger charge is -2.28. The molecule has 0 amide bonds. The predicted octanol–water partition coefficient (Wildman–Crippen LogP) is 8.01. The Kier molecular flexibility index (Phi) is 11.6. The number of rotatable bonds is 13. The first-order valence-electron chi connectivity index (χ1n) is 13.5. The van der Waals surface area contributed by atoms with Crippen molar-refractivity contribution in [3.8, 4) is 0 Å². The highest BCUT2D eigenvalue weighted by atomic mass is 16.6. The molecule has 39 heavy (non-hydrogen) atoms. The van der Waals surface area contributed by atoms with Crippen molar-refractivity contribution in [3.05, 3.63) is 104 Å². The summed E-state index contributed by atoms with van der Waals surface area (Å²) >= 11 is 0. The van der Waals surface area contributed by atoms with E-state index in [1.807, 2.05) is 33.8 Å². The SMILES string of the molecule is COC1=C(OC(C)C)CCC(/C=C/C2=CC=C(/C=C/C3=CC(OC)=C(OC(C)C)C(OCN=[N+]=[N-])C3)CC2)=C1. The lowest BCUT2D eigenvalue weighted by molar-refractivity contribution is 0.00745. The van der Waals surface area contributed by atoms with Crippen LogP contribution >= 0.6 is 0 Å². The van der Waals surface area contributed by atoms with Gasteiger partial charge in [-0.15, -0.1) is 0 Å². The molecule has 0 aromatic rings. The van der Waals surface area contributed by atoms with E-state index in [4.69, 9.17) is 29.2 Å². The minimum atomic E-state index is -0.384. The Labute approximate surface area is 232 Å². The predicted molar refractivity (Wildman–Crippen MR) is 153 cm³/mol. The number of azide groups is 1. The van der Waals surface area contributed by atoms with Gasteiger partial charge in [-0.05, 0) is 86.9 Å². The molecule has 0 N–H and O–H groups in total. The van der Waals surface area contributed by atoms with E-state index >= 15 is 0 Å². The van der Waals surface area contributed by atoms with E-state index in [2.05, 4.69) is 52.6 Å². The van der Waals surface area contributed by atoms with Crippen LogP contribution in [0.2, 0.25) is 0 Å². The van der Waals surface area contributed by atoms with Crippen molar-refractivity contribution in [1.29, 1.82) is 0 Å². The zero-order valence-corrected chi connectivity index (χ0v) is 24.0. The summed E-state index contributed by atoms with van der Waals surface area (Å²) in [6, 6.07) is 0. The Morgan fingerprint density at radius 1 is 0.821 bits per heavy atom. The van der Waals surface area contributed by atoms with E-state index in [0.717, 1.165) is 42.8 Å². The Balaban J connectivity index is 1.68. The third-order valence-electron chi connectivity index (χ3n) is 6.32. The Morgan fingerprint density at radius 2 is 1.38 bits per heavy atom. The minimum Gasteiger partial charge on any atom is -0.493 e. The molecule has 8 nitrogen and oxygen atoms in total. The second kappa shape index (κ2) is 15.1. The third kappa shape index (κ3) is 9.27. The summed E-state index contributed by atoms with van der Waals surface area (Å²) in [5.41, 5.74) is 13.5. The fraction of sp³-hybridized carbons (Fsp3) is 0.484. The van der Waals surface area contributed by atoms with Gasteiger partial charge in [0.1, 0.15) is 18.6 Å². The van der Waals surface area contributed by atoms with Crippen LogP contribution < -0.4 is 0 Å². The molecule has 8 heteroatoms. The Hall–Kier alpha value is -3.61. The van der Waals surface area contributed by atoms with Crippen LogP contribution in [0.3, 0.4) is 0 Å². The van der Waals surface area contributed by atoms with Gasteiger partial charge in [0.2, 0.25) is 0 Å². The molecule has 0 spiro atoms. The zero-order chi connectivity index (χ0) is 28.2. The number of allylic oxidation sites excluding steroid dienone is 12. The van der Waals surface area contributed by atoms with Crippen LogP contribution in [-0.2, 0) is 23.7 Å². The zero-order valence-electron chi connectivity index (χ0n) is 24.0. The smallest absolute Gasteiger partial charge is 0.167 e. The summed E-state index contributed by atoms with van der Waals surface area (Å²) in [4.78, 5) is 2.78. The molecule has 0 fully saturated rings. The van der Waals surface area contributed by atoms with Crippen LogP contribution in [0.15, 0.2) is 99.1 Å². The summed E-state index contributed by atoms with van der Waals surface area (Å²) < 4.78 is 28.8. The van der Waals surface area contributed by atoms with Gasteiger partial charge in [-0.25, -0.2) is 0 Å². The molecule has 3 rings (SSSR count). The molecule has 3 aliphatic carbocycles. The molecule has 0 radical (unpaired) electrons. The lowest BCUT2D eigenvalue weighted by atomic mass is 9.94. The minimum absolute atomic E-state index is 0.0344. The van der Waals surface area contributed by atoms with Gasteiger partial charge in [-0.2, -0.15) is 0 Å². The van der Waals surface area contributed by atoms with Gasteiger partial charge < -0.3 is 23.7 Å². The number of hydrogen-bond donors (Lipinski definition) is 0. The summed E-state index contributed by atoms with van der Waals surface area (Å²) in [6.45, 7) is 7.90. The molecule has 0 aromatic carbocycles. The molecule has 1 unspecified atom stereocenters. The Morgan fingerprint density at radius 3 is 1.95 bits per heavy atom. The average molecular weight is 536 g/mol.